The lowest BCUT2D eigenvalue weighted by molar-refractivity contribution is -0.125. The summed E-state index contributed by atoms with van der Waals surface area (Å²) in [6.07, 6.45) is 7.02. The molecule has 0 saturated carbocycles. The number of nitrogens with zero attached hydrogens (tertiary/aromatic N) is 3. The fourth-order valence-electron chi connectivity index (χ4n) is 3.65. The predicted octanol–water partition coefficient (Wildman–Crippen LogP) is 4.88. The molecule has 4 rings (SSSR count). The third-order valence-corrected chi connectivity index (χ3v) is 5.08. The Labute approximate surface area is 164 Å². The van der Waals surface area contributed by atoms with Gasteiger partial charge in [0.1, 0.15) is 0 Å². The van der Waals surface area contributed by atoms with Crippen LogP contribution in [0.1, 0.15) is 18.1 Å². The van der Waals surface area contributed by atoms with E-state index in [-0.39, 0.29) is 5.91 Å². The van der Waals surface area contributed by atoms with Gasteiger partial charge in [0.15, 0.2) is 0 Å². The van der Waals surface area contributed by atoms with Crippen molar-refractivity contribution in [3.05, 3.63) is 84.2 Å². The van der Waals surface area contributed by atoms with E-state index in [0.717, 1.165) is 17.7 Å². The highest BCUT2D eigenvalue weighted by molar-refractivity contribution is 6.08. The molecule has 0 N–H and O–H groups in total. The SMILES string of the molecule is CCn1c2ccccc2c2cc(/C=C/C(=O)N(C)Cc3ccncc3)ccc21. The predicted molar refractivity (Wildman–Crippen MR) is 115 cm³/mol. The number of benzene rings is 2. The van der Waals surface area contributed by atoms with Crippen LogP contribution >= 0.6 is 0 Å². The van der Waals surface area contributed by atoms with Crippen LogP contribution in [0.25, 0.3) is 27.9 Å². The highest BCUT2D eigenvalue weighted by atomic mass is 16.2. The Morgan fingerprint density at radius 2 is 1.79 bits per heavy atom. The second kappa shape index (κ2) is 7.69. The fourth-order valence-corrected chi connectivity index (χ4v) is 3.65. The molecule has 4 nitrogen and oxygen atoms in total. The van der Waals surface area contributed by atoms with Gasteiger partial charge < -0.3 is 9.47 Å². The summed E-state index contributed by atoms with van der Waals surface area (Å²) in [5.41, 5.74) is 4.56. The number of pyridine rings is 1. The number of fused-ring (bicyclic) bond motifs is 3. The maximum absolute atomic E-state index is 12.5. The van der Waals surface area contributed by atoms with E-state index in [1.807, 2.05) is 25.3 Å². The Hall–Kier alpha value is -3.40. The number of para-hydroxylation sites is 1. The second-order valence-electron chi connectivity index (χ2n) is 6.92. The standard InChI is InChI=1S/C24H23N3O/c1-3-27-22-7-5-4-6-20(22)21-16-18(8-10-23(21)27)9-11-24(28)26(2)17-19-12-14-25-15-13-19/h4-16H,3,17H2,1-2H3/b11-9+. The zero-order valence-electron chi connectivity index (χ0n) is 16.2. The fraction of sp³-hybridized carbons (Fsp3) is 0.167. The summed E-state index contributed by atoms with van der Waals surface area (Å²) < 4.78 is 2.33. The maximum atomic E-state index is 12.5. The van der Waals surface area contributed by atoms with E-state index in [0.29, 0.717) is 6.54 Å². The first-order valence-electron chi connectivity index (χ1n) is 9.50. The van der Waals surface area contributed by atoms with Crippen molar-refractivity contribution in [1.29, 1.82) is 0 Å². The molecule has 0 fully saturated rings. The minimum Gasteiger partial charge on any atom is -0.341 e. The van der Waals surface area contributed by atoms with Crippen molar-refractivity contribution in [3.63, 3.8) is 0 Å². The van der Waals surface area contributed by atoms with E-state index in [2.05, 4.69) is 58.9 Å². The minimum atomic E-state index is -0.0205. The highest BCUT2D eigenvalue weighted by Gasteiger charge is 2.09. The van der Waals surface area contributed by atoms with Crippen LogP contribution in [0.4, 0.5) is 0 Å². The topological polar surface area (TPSA) is 38.1 Å². The molecule has 4 aromatic rings. The van der Waals surface area contributed by atoms with Gasteiger partial charge in [-0.2, -0.15) is 0 Å². The molecule has 0 bridgehead atoms. The van der Waals surface area contributed by atoms with Crippen molar-refractivity contribution in [2.75, 3.05) is 7.05 Å². The lowest BCUT2D eigenvalue weighted by atomic mass is 10.1. The number of aromatic nitrogens is 2. The van der Waals surface area contributed by atoms with Gasteiger partial charge in [0, 0.05) is 60.4 Å². The van der Waals surface area contributed by atoms with Crippen LogP contribution in [-0.2, 0) is 17.9 Å². The van der Waals surface area contributed by atoms with Gasteiger partial charge in [0.05, 0.1) is 0 Å². The van der Waals surface area contributed by atoms with Gasteiger partial charge in [-0.15, -0.1) is 0 Å². The van der Waals surface area contributed by atoms with Gasteiger partial charge in [-0.25, -0.2) is 0 Å². The Morgan fingerprint density at radius 1 is 1.04 bits per heavy atom. The van der Waals surface area contributed by atoms with Crippen molar-refractivity contribution < 1.29 is 4.79 Å². The van der Waals surface area contributed by atoms with Crippen LogP contribution in [0.5, 0.6) is 0 Å². The zero-order valence-corrected chi connectivity index (χ0v) is 16.2. The molecule has 0 aliphatic carbocycles. The van der Waals surface area contributed by atoms with Crippen molar-refractivity contribution in [3.8, 4) is 0 Å². The second-order valence-corrected chi connectivity index (χ2v) is 6.92. The summed E-state index contributed by atoms with van der Waals surface area (Å²) in [4.78, 5) is 18.2. The normalized spacial score (nSPS) is 11.5. The average Bonchev–Trinajstić information content (AvgIpc) is 3.05. The number of hydrogen-bond acceptors (Lipinski definition) is 2. The summed E-state index contributed by atoms with van der Waals surface area (Å²) in [6.45, 7) is 3.66. The Kier molecular flexibility index (Phi) is 4.94. The Balaban J connectivity index is 1.59. The molecule has 140 valence electrons. The Morgan fingerprint density at radius 3 is 2.57 bits per heavy atom. The summed E-state index contributed by atoms with van der Waals surface area (Å²) in [5, 5.41) is 2.47. The minimum absolute atomic E-state index is 0.0205. The number of rotatable bonds is 5. The third-order valence-electron chi connectivity index (χ3n) is 5.08. The van der Waals surface area contributed by atoms with Crippen LogP contribution in [0, 0.1) is 0 Å². The zero-order chi connectivity index (χ0) is 19.5. The van der Waals surface area contributed by atoms with E-state index in [1.165, 1.54) is 21.8 Å². The van der Waals surface area contributed by atoms with E-state index >= 15 is 0 Å². The molecule has 0 atom stereocenters. The molecule has 1 amide bonds. The largest absolute Gasteiger partial charge is 0.341 e. The van der Waals surface area contributed by atoms with Crippen LogP contribution in [0.2, 0.25) is 0 Å². The first kappa shape index (κ1) is 18.0. The quantitative estimate of drug-likeness (QED) is 0.470. The third kappa shape index (κ3) is 3.41. The van der Waals surface area contributed by atoms with Crippen molar-refractivity contribution in [2.45, 2.75) is 20.0 Å². The number of likely N-dealkylation sites (N-methyl/N-ethyl adjacent to an activating group) is 1. The van der Waals surface area contributed by atoms with Crippen LogP contribution < -0.4 is 0 Å². The van der Waals surface area contributed by atoms with Crippen molar-refractivity contribution >= 4 is 33.8 Å². The monoisotopic (exact) mass is 369 g/mol. The van der Waals surface area contributed by atoms with E-state index in [4.69, 9.17) is 0 Å². The van der Waals surface area contributed by atoms with Gasteiger partial charge in [-0.1, -0.05) is 24.3 Å². The molecule has 0 saturated heterocycles. The molecule has 0 unspecified atom stereocenters. The van der Waals surface area contributed by atoms with Gasteiger partial charge in [0.25, 0.3) is 0 Å². The smallest absolute Gasteiger partial charge is 0.246 e. The highest BCUT2D eigenvalue weighted by Crippen LogP contribution is 2.29. The van der Waals surface area contributed by atoms with E-state index in [9.17, 15) is 4.79 Å². The van der Waals surface area contributed by atoms with Crippen LogP contribution in [0.3, 0.4) is 0 Å². The summed E-state index contributed by atoms with van der Waals surface area (Å²) in [6, 6.07) is 18.7. The lowest BCUT2D eigenvalue weighted by Crippen LogP contribution is -2.24. The molecule has 0 spiro atoms. The number of carbonyl (C=O) groups excluding carboxylic acids is 1. The molecule has 4 heteroatoms. The van der Waals surface area contributed by atoms with Crippen molar-refractivity contribution in [1.82, 2.24) is 14.5 Å². The lowest BCUT2D eigenvalue weighted by Gasteiger charge is -2.14. The molecular formula is C24H23N3O. The summed E-state index contributed by atoms with van der Waals surface area (Å²) >= 11 is 0. The molecule has 2 aromatic heterocycles. The summed E-state index contributed by atoms with van der Waals surface area (Å²) in [7, 11) is 1.81. The van der Waals surface area contributed by atoms with E-state index < -0.39 is 0 Å². The number of hydrogen-bond donors (Lipinski definition) is 0. The molecular weight excluding hydrogens is 346 g/mol. The number of amides is 1. The number of carbonyl (C=O) groups is 1. The van der Waals surface area contributed by atoms with Gasteiger partial charge in [-0.05, 0) is 54.5 Å². The van der Waals surface area contributed by atoms with Gasteiger partial charge in [-0.3, -0.25) is 9.78 Å². The van der Waals surface area contributed by atoms with Gasteiger partial charge >= 0.3 is 0 Å². The molecule has 0 aliphatic heterocycles. The number of aryl methyl sites for hydroxylation is 1. The van der Waals surface area contributed by atoms with E-state index in [1.54, 1.807) is 23.4 Å². The molecule has 0 aliphatic rings. The first-order valence-corrected chi connectivity index (χ1v) is 9.50. The van der Waals surface area contributed by atoms with Crippen LogP contribution in [0.15, 0.2) is 73.1 Å². The first-order chi connectivity index (χ1) is 13.7. The molecule has 28 heavy (non-hydrogen) atoms. The molecule has 2 aromatic carbocycles. The van der Waals surface area contributed by atoms with Crippen molar-refractivity contribution in [2.24, 2.45) is 0 Å². The Bertz CT molecular complexity index is 1160. The molecule has 0 radical (unpaired) electrons. The van der Waals surface area contributed by atoms with Gasteiger partial charge in [0.2, 0.25) is 5.91 Å². The summed E-state index contributed by atoms with van der Waals surface area (Å²) in [5.74, 6) is -0.0205. The molecule has 2 heterocycles. The maximum Gasteiger partial charge on any atom is 0.246 e. The average molecular weight is 369 g/mol. The van der Waals surface area contributed by atoms with Crippen LogP contribution in [-0.4, -0.2) is 27.4 Å².